The molecule has 0 atom stereocenters. The van der Waals surface area contributed by atoms with Gasteiger partial charge in [0.1, 0.15) is 0 Å². The van der Waals surface area contributed by atoms with Gasteiger partial charge in [0.25, 0.3) is 0 Å². The van der Waals surface area contributed by atoms with Crippen molar-refractivity contribution in [1.29, 1.82) is 5.41 Å². The second-order valence-electron chi connectivity index (χ2n) is 6.67. The van der Waals surface area contributed by atoms with Crippen molar-refractivity contribution < 1.29 is 0 Å². The highest BCUT2D eigenvalue weighted by Crippen LogP contribution is 2.36. The summed E-state index contributed by atoms with van der Waals surface area (Å²) in [5.74, 6) is 0.682. The van der Waals surface area contributed by atoms with Gasteiger partial charge >= 0.3 is 0 Å². The van der Waals surface area contributed by atoms with Crippen molar-refractivity contribution in [3.05, 3.63) is 71.3 Å². The first-order valence-electron chi connectivity index (χ1n) is 8.59. The summed E-state index contributed by atoms with van der Waals surface area (Å²) < 4.78 is 0. The molecule has 0 heterocycles. The van der Waals surface area contributed by atoms with E-state index in [1.165, 1.54) is 21.9 Å². The Morgan fingerprint density at radius 2 is 1.64 bits per heavy atom. The van der Waals surface area contributed by atoms with Crippen LogP contribution in [0, 0.1) is 5.41 Å². The first-order chi connectivity index (χ1) is 12.1. The van der Waals surface area contributed by atoms with E-state index >= 15 is 0 Å². The van der Waals surface area contributed by atoms with Crippen LogP contribution in [0.4, 0.5) is 11.4 Å². The van der Waals surface area contributed by atoms with Gasteiger partial charge in [-0.3, -0.25) is 5.41 Å². The van der Waals surface area contributed by atoms with Gasteiger partial charge in [-0.05, 0) is 39.9 Å². The molecule has 0 aliphatic heterocycles. The lowest BCUT2D eigenvalue weighted by atomic mass is 10.0. The molecule has 0 aromatic heterocycles. The number of hydrogen-bond donors (Lipinski definition) is 3. The molecule has 3 nitrogen and oxygen atoms in total. The molecule has 3 aromatic rings. The minimum absolute atomic E-state index is 0.279. The maximum atomic E-state index is 8.35. The quantitative estimate of drug-likeness (QED) is 0.324. The molecule has 0 amide bonds. The number of anilines is 2. The minimum Gasteiger partial charge on any atom is -0.326 e. The van der Waals surface area contributed by atoms with E-state index < -0.39 is 0 Å². The Labute approximate surface area is 147 Å². The van der Waals surface area contributed by atoms with Gasteiger partial charge in [0.2, 0.25) is 0 Å². The van der Waals surface area contributed by atoms with E-state index in [4.69, 9.17) is 5.41 Å². The standard InChI is InChI=1S/C22H21N3/c1-14(2)17-8-3-4-9-19(17)24-22(23)25-20-13-11-16-7-5-6-15-10-12-18(20)21(15)16/h3-14H,1-2H3,(H3,23,24,25). The normalized spacial score (nSPS) is 12.0. The Balaban J connectivity index is 1.61. The summed E-state index contributed by atoms with van der Waals surface area (Å²) in [5, 5.41) is 17.3. The molecule has 3 heteroatoms. The molecule has 1 aliphatic carbocycles. The number of para-hydroxylation sites is 1. The van der Waals surface area contributed by atoms with Crippen molar-refractivity contribution >= 4 is 40.3 Å². The molecule has 3 aromatic carbocycles. The van der Waals surface area contributed by atoms with Crippen LogP contribution in [0.5, 0.6) is 0 Å². The van der Waals surface area contributed by atoms with Crippen LogP contribution in [-0.4, -0.2) is 5.96 Å². The fourth-order valence-corrected chi connectivity index (χ4v) is 3.45. The maximum Gasteiger partial charge on any atom is 0.197 e. The highest BCUT2D eigenvalue weighted by Gasteiger charge is 2.14. The third-order valence-electron chi connectivity index (χ3n) is 4.65. The lowest BCUT2D eigenvalue weighted by Crippen LogP contribution is -2.21. The Bertz CT molecular complexity index is 999. The van der Waals surface area contributed by atoms with Crippen molar-refractivity contribution in [2.75, 3.05) is 10.6 Å². The molecule has 0 fully saturated rings. The topological polar surface area (TPSA) is 47.9 Å². The fraction of sp³-hybridized carbons (Fsp3) is 0.136. The Morgan fingerprint density at radius 1 is 0.840 bits per heavy atom. The number of benzene rings is 3. The predicted octanol–water partition coefficient (Wildman–Crippen LogP) is 5.91. The molecule has 0 saturated heterocycles. The first-order valence-corrected chi connectivity index (χ1v) is 8.59. The van der Waals surface area contributed by atoms with Gasteiger partial charge in [0, 0.05) is 16.9 Å². The van der Waals surface area contributed by atoms with Crippen molar-refractivity contribution in [3.8, 4) is 0 Å². The van der Waals surface area contributed by atoms with E-state index in [1.54, 1.807) is 0 Å². The van der Waals surface area contributed by atoms with Gasteiger partial charge in [0.15, 0.2) is 5.96 Å². The average Bonchev–Trinajstić information content (AvgIpc) is 3.04. The lowest BCUT2D eigenvalue weighted by Gasteiger charge is -2.17. The zero-order chi connectivity index (χ0) is 17.4. The van der Waals surface area contributed by atoms with E-state index in [0.29, 0.717) is 5.92 Å². The van der Waals surface area contributed by atoms with Gasteiger partial charge in [-0.15, -0.1) is 0 Å². The Hall–Kier alpha value is -3.07. The van der Waals surface area contributed by atoms with E-state index in [0.717, 1.165) is 16.9 Å². The first kappa shape index (κ1) is 15.5. The smallest absolute Gasteiger partial charge is 0.197 e. The Kier molecular flexibility index (Phi) is 3.77. The van der Waals surface area contributed by atoms with Crippen LogP contribution >= 0.6 is 0 Å². The zero-order valence-corrected chi connectivity index (χ0v) is 14.4. The molecule has 25 heavy (non-hydrogen) atoms. The number of hydrogen-bond acceptors (Lipinski definition) is 1. The highest BCUT2D eigenvalue weighted by atomic mass is 15.1. The second kappa shape index (κ2) is 6.10. The third kappa shape index (κ3) is 2.78. The molecule has 4 rings (SSSR count). The maximum absolute atomic E-state index is 8.35. The number of nitrogens with one attached hydrogen (secondary N) is 3. The SMILES string of the molecule is CC(C)c1ccccc1NC(=N)Nc1ccc2cccc3c2c1C=C3. The minimum atomic E-state index is 0.279. The summed E-state index contributed by atoms with van der Waals surface area (Å²) in [7, 11) is 0. The van der Waals surface area contributed by atoms with Gasteiger partial charge < -0.3 is 10.6 Å². The monoisotopic (exact) mass is 327 g/mol. The summed E-state index contributed by atoms with van der Waals surface area (Å²) in [6.45, 7) is 4.32. The van der Waals surface area contributed by atoms with Crippen LogP contribution in [0.25, 0.3) is 22.9 Å². The predicted molar refractivity (Wildman–Crippen MR) is 108 cm³/mol. The van der Waals surface area contributed by atoms with Crippen molar-refractivity contribution in [2.45, 2.75) is 19.8 Å². The molecule has 1 aliphatic rings. The van der Waals surface area contributed by atoms with Crippen molar-refractivity contribution in [3.63, 3.8) is 0 Å². The van der Waals surface area contributed by atoms with Gasteiger partial charge in [-0.25, -0.2) is 0 Å². The van der Waals surface area contributed by atoms with E-state index in [1.807, 2.05) is 24.3 Å². The van der Waals surface area contributed by atoms with Crippen LogP contribution in [0.1, 0.15) is 36.5 Å². The van der Waals surface area contributed by atoms with E-state index in [9.17, 15) is 0 Å². The van der Waals surface area contributed by atoms with Gasteiger partial charge in [-0.2, -0.15) is 0 Å². The van der Waals surface area contributed by atoms with E-state index in [2.05, 4.69) is 67.0 Å². The molecule has 3 N–H and O–H groups in total. The van der Waals surface area contributed by atoms with E-state index in [-0.39, 0.29) is 5.96 Å². The zero-order valence-electron chi connectivity index (χ0n) is 14.4. The molecule has 0 bridgehead atoms. The van der Waals surface area contributed by atoms with Crippen LogP contribution in [0.3, 0.4) is 0 Å². The summed E-state index contributed by atoms with van der Waals surface area (Å²) in [4.78, 5) is 0. The largest absolute Gasteiger partial charge is 0.326 e. The van der Waals surface area contributed by atoms with Crippen LogP contribution in [-0.2, 0) is 0 Å². The number of guanidine groups is 1. The summed E-state index contributed by atoms with van der Waals surface area (Å²) in [6, 6.07) is 18.6. The summed E-state index contributed by atoms with van der Waals surface area (Å²) in [5.41, 5.74) is 5.52. The van der Waals surface area contributed by atoms with Crippen LogP contribution in [0.15, 0.2) is 54.6 Å². The van der Waals surface area contributed by atoms with Crippen LogP contribution in [0.2, 0.25) is 0 Å². The van der Waals surface area contributed by atoms with Gasteiger partial charge in [-0.1, -0.05) is 68.5 Å². The highest BCUT2D eigenvalue weighted by molar-refractivity contribution is 6.11. The average molecular weight is 327 g/mol. The third-order valence-corrected chi connectivity index (χ3v) is 4.65. The lowest BCUT2D eigenvalue weighted by molar-refractivity contribution is 0.869. The molecule has 0 spiro atoms. The fourth-order valence-electron chi connectivity index (χ4n) is 3.45. The molecular formula is C22H21N3. The summed E-state index contributed by atoms with van der Waals surface area (Å²) >= 11 is 0. The molecule has 0 unspecified atom stereocenters. The Morgan fingerprint density at radius 3 is 2.48 bits per heavy atom. The molecular weight excluding hydrogens is 306 g/mol. The molecule has 124 valence electrons. The van der Waals surface area contributed by atoms with Crippen molar-refractivity contribution in [1.82, 2.24) is 0 Å². The van der Waals surface area contributed by atoms with Crippen LogP contribution < -0.4 is 10.6 Å². The molecule has 0 radical (unpaired) electrons. The van der Waals surface area contributed by atoms with Gasteiger partial charge in [0.05, 0.1) is 0 Å². The second-order valence-corrected chi connectivity index (χ2v) is 6.67. The number of rotatable bonds is 3. The van der Waals surface area contributed by atoms with Crippen molar-refractivity contribution in [2.24, 2.45) is 0 Å². The summed E-state index contributed by atoms with van der Waals surface area (Å²) in [6.07, 6.45) is 4.25. The molecule has 0 saturated carbocycles.